The molecule has 3 rings (SSSR count). The van der Waals surface area contributed by atoms with E-state index < -0.39 is 0 Å². The maximum Gasteiger partial charge on any atom is 0.0889 e. The monoisotopic (exact) mass is 384 g/mol. The van der Waals surface area contributed by atoms with E-state index >= 15 is 0 Å². The third-order valence-electron chi connectivity index (χ3n) is 5.78. The van der Waals surface area contributed by atoms with Crippen LogP contribution >= 0.6 is 0 Å². The van der Waals surface area contributed by atoms with E-state index in [9.17, 15) is 0 Å². The van der Waals surface area contributed by atoms with E-state index in [-0.39, 0.29) is 0 Å². The number of azo groups is 2. The molecule has 0 aliphatic rings. The molecule has 0 fully saturated rings. The van der Waals surface area contributed by atoms with Crippen molar-refractivity contribution in [1.29, 1.82) is 0 Å². The Hall–Kier alpha value is -3.14. The quantitative estimate of drug-likeness (QED) is 0.404. The predicted octanol–water partition coefficient (Wildman–Crippen LogP) is 8.68. The van der Waals surface area contributed by atoms with Gasteiger partial charge >= 0.3 is 0 Å². The summed E-state index contributed by atoms with van der Waals surface area (Å²) in [7, 11) is 0. The fraction of sp³-hybridized carbons (Fsp3) is 0.280. The second-order valence-electron chi connectivity index (χ2n) is 7.67. The Labute approximate surface area is 173 Å². The molecule has 0 N–H and O–H groups in total. The maximum atomic E-state index is 4.46. The molecule has 0 unspecified atom stereocenters. The van der Waals surface area contributed by atoms with Crippen LogP contribution in [0.3, 0.4) is 0 Å². The Kier molecular flexibility index (Phi) is 6.02. The smallest absolute Gasteiger partial charge is 0.0889 e. The van der Waals surface area contributed by atoms with Gasteiger partial charge in [-0.1, -0.05) is 12.1 Å². The number of benzene rings is 3. The highest BCUT2D eigenvalue weighted by molar-refractivity contribution is 5.56. The van der Waals surface area contributed by atoms with Crippen LogP contribution in [-0.4, -0.2) is 0 Å². The van der Waals surface area contributed by atoms with Crippen LogP contribution in [-0.2, 0) is 0 Å². The number of nitrogens with zero attached hydrogens (tertiary/aromatic N) is 4. The Morgan fingerprint density at radius 3 is 1.38 bits per heavy atom. The fourth-order valence-corrected chi connectivity index (χ4v) is 3.13. The van der Waals surface area contributed by atoms with Crippen molar-refractivity contribution in [3.8, 4) is 0 Å². The van der Waals surface area contributed by atoms with Crippen molar-refractivity contribution < 1.29 is 0 Å². The molecule has 0 aromatic heterocycles. The highest BCUT2D eigenvalue weighted by atomic mass is 15.1. The van der Waals surface area contributed by atoms with Gasteiger partial charge in [0.25, 0.3) is 0 Å². The fourth-order valence-electron chi connectivity index (χ4n) is 3.13. The van der Waals surface area contributed by atoms with Crippen molar-refractivity contribution in [2.45, 2.75) is 48.5 Å². The number of rotatable bonds is 4. The van der Waals surface area contributed by atoms with Crippen molar-refractivity contribution in [2.24, 2.45) is 20.5 Å². The zero-order chi connectivity index (χ0) is 21.1. The minimum Gasteiger partial charge on any atom is -0.151 e. The van der Waals surface area contributed by atoms with Crippen molar-refractivity contribution in [2.75, 3.05) is 0 Å². The molecule has 0 aliphatic heterocycles. The van der Waals surface area contributed by atoms with Crippen LogP contribution in [0.2, 0.25) is 0 Å². The molecular formula is C25H28N4. The molecule has 0 atom stereocenters. The van der Waals surface area contributed by atoms with Gasteiger partial charge in [-0.3, -0.25) is 0 Å². The highest BCUT2D eigenvalue weighted by Crippen LogP contribution is 2.30. The Morgan fingerprint density at radius 2 is 0.862 bits per heavy atom. The number of hydrogen-bond donors (Lipinski definition) is 0. The average Bonchev–Trinajstić information content (AvgIpc) is 2.70. The van der Waals surface area contributed by atoms with E-state index in [4.69, 9.17) is 0 Å². The predicted molar refractivity (Wildman–Crippen MR) is 121 cm³/mol. The molecule has 3 aromatic carbocycles. The first kappa shape index (κ1) is 20.6. The first-order chi connectivity index (χ1) is 13.8. The van der Waals surface area contributed by atoms with Crippen LogP contribution in [0.4, 0.5) is 22.7 Å². The van der Waals surface area contributed by atoms with Crippen LogP contribution in [0.25, 0.3) is 0 Å². The summed E-state index contributed by atoms with van der Waals surface area (Å²) in [6.45, 7) is 14.6. The Balaban J connectivity index is 1.82. The third-order valence-corrected chi connectivity index (χ3v) is 5.78. The molecule has 0 saturated carbocycles. The molecule has 0 radical (unpaired) electrons. The van der Waals surface area contributed by atoms with Crippen LogP contribution in [0.5, 0.6) is 0 Å². The molecule has 0 spiro atoms. The van der Waals surface area contributed by atoms with Gasteiger partial charge < -0.3 is 0 Å². The molecule has 0 saturated heterocycles. The lowest BCUT2D eigenvalue weighted by atomic mass is 10.0. The van der Waals surface area contributed by atoms with Crippen molar-refractivity contribution in [3.63, 3.8) is 0 Å². The van der Waals surface area contributed by atoms with Crippen LogP contribution in [0, 0.1) is 48.5 Å². The summed E-state index contributed by atoms with van der Waals surface area (Å²) in [6.07, 6.45) is 0. The van der Waals surface area contributed by atoms with E-state index in [1.54, 1.807) is 0 Å². The standard InChI is InChI=1S/C25H28N4/c1-15-8-11-24(20(6)18(15)4)28-26-22-10-13-23(17(3)14-22)27-29-25-12-9-16(2)19(5)21(25)7/h8-14H,1-7H3. The summed E-state index contributed by atoms with van der Waals surface area (Å²) in [5.74, 6) is 0. The first-order valence-electron chi connectivity index (χ1n) is 9.85. The normalized spacial score (nSPS) is 11.7. The molecule has 148 valence electrons. The minimum absolute atomic E-state index is 0.807. The van der Waals surface area contributed by atoms with Gasteiger partial charge in [0.15, 0.2) is 0 Å². The van der Waals surface area contributed by atoms with Crippen LogP contribution in [0.1, 0.15) is 38.9 Å². The van der Waals surface area contributed by atoms with Gasteiger partial charge in [0.05, 0.1) is 22.7 Å². The lowest BCUT2D eigenvalue weighted by molar-refractivity contribution is 1.15. The molecule has 29 heavy (non-hydrogen) atoms. The molecular weight excluding hydrogens is 356 g/mol. The zero-order valence-electron chi connectivity index (χ0n) is 18.3. The van der Waals surface area contributed by atoms with Gasteiger partial charge in [-0.05, 0) is 118 Å². The summed E-state index contributed by atoms with van der Waals surface area (Å²) in [5.41, 5.74) is 11.9. The molecule has 4 heteroatoms. The summed E-state index contributed by atoms with van der Waals surface area (Å²) >= 11 is 0. The lowest BCUT2D eigenvalue weighted by Crippen LogP contribution is -1.85. The van der Waals surface area contributed by atoms with Gasteiger partial charge in [0.1, 0.15) is 0 Å². The van der Waals surface area contributed by atoms with Gasteiger partial charge in [-0.15, -0.1) is 0 Å². The molecule has 4 nitrogen and oxygen atoms in total. The van der Waals surface area contributed by atoms with Gasteiger partial charge in [0.2, 0.25) is 0 Å². The second-order valence-corrected chi connectivity index (χ2v) is 7.67. The van der Waals surface area contributed by atoms with Crippen LogP contribution < -0.4 is 0 Å². The van der Waals surface area contributed by atoms with Gasteiger partial charge in [0, 0.05) is 0 Å². The topological polar surface area (TPSA) is 49.4 Å². The van der Waals surface area contributed by atoms with Crippen molar-refractivity contribution in [1.82, 2.24) is 0 Å². The number of aryl methyl sites for hydroxylation is 3. The molecule has 3 aromatic rings. The average molecular weight is 385 g/mol. The maximum absolute atomic E-state index is 4.46. The highest BCUT2D eigenvalue weighted by Gasteiger charge is 2.05. The van der Waals surface area contributed by atoms with Crippen LogP contribution in [0.15, 0.2) is 62.9 Å². The first-order valence-corrected chi connectivity index (χ1v) is 9.85. The van der Waals surface area contributed by atoms with Crippen molar-refractivity contribution in [3.05, 3.63) is 81.4 Å². The van der Waals surface area contributed by atoms with Gasteiger partial charge in [-0.25, -0.2) is 0 Å². The van der Waals surface area contributed by atoms with Gasteiger partial charge in [-0.2, -0.15) is 20.5 Å². The third kappa shape index (κ3) is 4.48. The Morgan fingerprint density at radius 1 is 0.414 bits per heavy atom. The molecule has 0 heterocycles. The lowest BCUT2D eigenvalue weighted by Gasteiger charge is -2.07. The molecule has 0 bridgehead atoms. The van der Waals surface area contributed by atoms with E-state index in [0.29, 0.717) is 0 Å². The summed E-state index contributed by atoms with van der Waals surface area (Å²) < 4.78 is 0. The summed E-state index contributed by atoms with van der Waals surface area (Å²) in [5, 5.41) is 17.8. The van der Waals surface area contributed by atoms with E-state index in [1.165, 1.54) is 33.4 Å². The SMILES string of the molecule is Cc1cc(N=Nc2ccc(C)c(C)c2C)ccc1N=Nc1ccc(C)c(C)c1C. The molecule has 0 aliphatic carbocycles. The molecule has 0 amide bonds. The van der Waals surface area contributed by atoms with E-state index in [0.717, 1.165) is 28.3 Å². The minimum atomic E-state index is 0.807. The summed E-state index contributed by atoms with van der Waals surface area (Å²) in [4.78, 5) is 0. The Bertz CT molecular complexity index is 1120. The largest absolute Gasteiger partial charge is 0.151 e. The van der Waals surface area contributed by atoms with E-state index in [1.807, 2.05) is 37.3 Å². The number of hydrogen-bond acceptors (Lipinski definition) is 4. The summed E-state index contributed by atoms with van der Waals surface area (Å²) in [6, 6.07) is 14.1. The second kappa shape index (κ2) is 8.48. The zero-order valence-corrected chi connectivity index (χ0v) is 18.3. The van der Waals surface area contributed by atoms with E-state index in [2.05, 4.69) is 74.1 Å². The van der Waals surface area contributed by atoms with Crippen molar-refractivity contribution >= 4 is 22.7 Å².